The summed E-state index contributed by atoms with van der Waals surface area (Å²) in [6, 6.07) is 0.406. The van der Waals surface area contributed by atoms with Crippen LogP contribution in [0, 0.1) is 12.8 Å². The summed E-state index contributed by atoms with van der Waals surface area (Å²) < 4.78 is 4.12. The van der Waals surface area contributed by atoms with Crippen LogP contribution in [-0.4, -0.2) is 21.3 Å². The summed E-state index contributed by atoms with van der Waals surface area (Å²) in [5.41, 5.74) is 5.29. The van der Waals surface area contributed by atoms with Gasteiger partial charge in [-0.3, -0.25) is 4.79 Å². The Kier molecular flexibility index (Phi) is 3.38. The molecule has 0 atom stereocenters. The maximum Gasteiger partial charge on any atom is 0.220 e. The normalized spacial score (nSPS) is 25.3. The van der Waals surface area contributed by atoms with Crippen molar-refractivity contribution in [3.8, 4) is 0 Å². The zero-order valence-electron chi connectivity index (χ0n) is 9.27. The highest BCUT2D eigenvalue weighted by Crippen LogP contribution is 2.26. The van der Waals surface area contributed by atoms with E-state index in [0.29, 0.717) is 6.04 Å². The molecule has 88 valence electrons. The first kappa shape index (κ1) is 11.3. The fourth-order valence-electron chi connectivity index (χ4n) is 2.05. The van der Waals surface area contributed by atoms with Crippen molar-refractivity contribution in [3.05, 3.63) is 5.82 Å². The molecule has 0 aromatic carbocycles. The van der Waals surface area contributed by atoms with Crippen molar-refractivity contribution in [1.82, 2.24) is 9.36 Å². The lowest BCUT2D eigenvalue weighted by atomic mass is 9.86. The molecule has 1 saturated carbocycles. The van der Waals surface area contributed by atoms with E-state index in [4.69, 9.17) is 5.73 Å². The largest absolute Gasteiger partial charge is 0.369 e. The SMILES string of the molecule is Cc1nsc(NC2CCC(C(N)=O)CC2)n1. The summed E-state index contributed by atoms with van der Waals surface area (Å²) in [4.78, 5) is 15.3. The highest BCUT2D eigenvalue weighted by Gasteiger charge is 2.24. The molecule has 0 aliphatic heterocycles. The highest BCUT2D eigenvalue weighted by atomic mass is 32.1. The van der Waals surface area contributed by atoms with Crippen molar-refractivity contribution in [1.29, 1.82) is 0 Å². The third kappa shape index (κ3) is 2.69. The van der Waals surface area contributed by atoms with Crippen LogP contribution in [0.25, 0.3) is 0 Å². The summed E-state index contributed by atoms with van der Waals surface area (Å²) >= 11 is 1.39. The smallest absolute Gasteiger partial charge is 0.220 e. The lowest BCUT2D eigenvalue weighted by molar-refractivity contribution is -0.122. The summed E-state index contributed by atoms with van der Waals surface area (Å²) in [6.07, 6.45) is 3.72. The van der Waals surface area contributed by atoms with E-state index in [-0.39, 0.29) is 11.8 Å². The molecule has 1 aromatic heterocycles. The first-order valence-electron chi connectivity index (χ1n) is 5.51. The molecule has 1 aliphatic rings. The fourth-order valence-corrected chi connectivity index (χ4v) is 2.70. The summed E-state index contributed by atoms with van der Waals surface area (Å²) in [5, 5.41) is 4.23. The molecular weight excluding hydrogens is 224 g/mol. The van der Waals surface area contributed by atoms with Crippen LogP contribution < -0.4 is 11.1 Å². The van der Waals surface area contributed by atoms with E-state index >= 15 is 0 Å². The van der Waals surface area contributed by atoms with Crippen molar-refractivity contribution in [2.45, 2.75) is 38.6 Å². The van der Waals surface area contributed by atoms with Crippen LogP contribution in [-0.2, 0) is 4.79 Å². The van der Waals surface area contributed by atoms with Gasteiger partial charge in [0, 0.05) is 23.5 Å². The third-order valence-electron chi connectivity index (χ3n) is 2.98. The van der Waals surface area contributed by atoms with Gasteiger partial charge in [0.25, 0.3) is 0 Å². The number of hydrogen-bond donors (Lipinski definition) is 2. The molecular formula is C10H16N4OS. The van der Waals surface area contributed by atoms with Gasteiger partial charge in [0.1, 0.15) is 5.82 Å². The zero-order chi connectivity index (χ0) is 11.5. The number of aryl methyl sites for hydroxylation is 1. The number of carbonyl (C=O) groups excluding carboxylic acids is 1. The van der Waals surface area contributed by atoms with E-state index in [1.165, 1.54) is 11.5 Å². The highest BCUT2D eigenvalue weighted by molar-refractivity contribution is 7.09. The Morgan fingerprint density at radius 3 is 2.62 bits per heavy atom. The molecule has 0 unspecified atom stereocenters. The number of nitrogens with two attached hydrogens (primary N) is 1. The molecule has 0 saturated heterocycles. The van der Waals surface area contributed by atoms with Crippen LogP contribution >= 0.6 is 11.5 Å². The van der Waals surface area contributed by atoms with E-state index in [2.05, 4.69) is 14.7 Å². The topological polar surface area (TPSA) is 80.9 Å². The van der Waals surface area contributed by atoms with Gasteiger partial charge in [0.2, 0.25) is 11.0 Å². The monoisotopic (exact) mass is 240 g/mol. The van der Waals surface area contributed by atoms with Crippen molar-refractivity contribution in [2.24, 2.45) is 11.7 Å². The first-order chi connectivity index (χ1) is 7.65. The molecule has 6 heteroatoms. The number of anilines is 1. The number of aromatic nitrogens is 2. The molecule has 1 aromatic rings. The Labute approximate surface area is 98.6 Å². The average Bonchev–Trinajstić information content (AvgIpc) is 2.65. The number of hydrogen-bond acceptors (Lipinski definition) is 5. The Morgan fingerprint density at radius 1 is 1.44 bits per heavy atom. The second-order valence-corrected chi connectivity index (χ2v) is 4.99. The fraction of sp³-hybridized carbons (Fsp3) is 0.700. The van der Waals surface area contributed by atoms with Crippen LogP contribution in [0.1, 0.15) is 31.5 Å². The molecule has 1 fully saturated rings. The molecule has 0 spiro atoms. The molecule has 16 heavy (non-hydrogen) atoms. The number of amides is 1. The Balaban J connectivity index is 1.83. The Hall–Kier alpha value is -1.17. The second kappa shape index (κ2) is 4.78. The molecule has 0 radical (unpaired) electrons. The van der Waals surface area contributed by atoms with Crippen molar-refractivity contribution < 1.29 is 4.79 Å². The van der Waals surface area contributed by atoms with Gasteiger partial charge in [-0.05, 0) is 32.6 Å². The van der Waals surface area contributed by atoms with Crippen LogP contribution in [0.2, 0.25) is 0 Å². The van der Waals surface area contributed by atoms with Gasteiger partial charge < -0.3 is 11.1 Å². The third-order valence-corrected chi connectivity index (χ3v) is 3.72. The second-order valence-electron chi connectivity index (χ2n) is 4.24. The van der Waals surface area contributed by atoms with Gasteiger partial charge in [-0.1, -0.05) is 0 Å². The minimum absolute atomic E-state index is 0.0641. The lowest BCUT2D eigenvalue weighted by Gasteiger charge is -2.26. The molecule has 1 amide bonds. The lowest BCUT2D eigenvalue weighted by Crippen LogP contribution is -2.32. The van der Waals surface area contributed by atoms with Gasteiger partial charge in [0.15, 0.2) is 0 Å². The van der Waals surface area contributed by atoms with E-state index in [1.807, 2.05) is 6.92 Å². The summed E-state index contributed by atoms with van der Waals surface area (Å²) in [6.45, 7) is 1.88. The number of nitrogens with one attached hydrogen (secondary N) is 1. The molecule has 2 rings (SSSR count). The zero-order valence-corrected chi connectivity index (χ0v) is 10.1. The predicted molar refractivity (Wildman–Crippen MR) is 63.2 cm³/mol. The van der Waals surface area contributed by atoms with Crippen molar-refractivity contribution in [3.63, 3.8) is 0 Å². The number of primary amides is 1. The van der Waals surface area contributed by atoms with E-state index in [1.54, 1.807) is 0 Å². The van der Waals surface area contributed by atoms with E-state index < -0.39 is 0 Å². The van der Waals surface area contributed by atoms with Crippen molar-refractivity contribution in [2.75, 3.05) is 5.32 Å². The van der Waals surface area contributed by atoms with Gasteiger partial charge in [-0.15, -0.1) is 0 Å². The minimum atomic E-state index is -0.162. The van der Waals surface area contributed by atoms with Crippen LogP contribution in [0.4, 0.5) is 5.13 Å². The molecule has 5 nitrogen and oxygen atoms in total. The summed E-state index contributed by atoms with van der Waals surface area (Å²) in [5.74, 6) is 0.706. The van der Waals surface area contributed by atoms with Crippen LogP contribution in [0.3, 0.4) is 0 Å². The quantitative estimate of drug-likeness (QED) is 0.834. The maximum absolute atomic E-state index is 11.0. The summed E-state index contributed by atoms with van der Waals surface area (Å²) in [7, 11) is 0. The van der Waals surface area contributed by atoms with E-state index in [9.17, 15) is 4.79 Å². The van der Waals surface area contributed by atoms with Gasteiger partial charge in [-0.25, -0.2) is 4.98 Å². The van der Waals surface area contributed by atoms with Crippen molar-refractivity contribution >= 4 is 22.6 Å². The molecule has 1 heterocycles. The first-order valence-corrected chi connectivity index (χ1v) is 6.28. The predicted octanol–water partition coefficient (Wildman–Crippen LogP) is 1.30. The van der Waals surface area contributed by atoms with Gasteiger partial charge in [-0.2, -0.15) is 4.37 Å². The molecule has 3 N–H and O–H groups in total. The van der Waals surface area contributed by atoms with Crippen LogP contribution in [0.15, 0.2) is 0 Å². The maximum atomic E-state index is 11.0. The van der Waals surface area contributed by atoms with E-state index in [0.717, 1.165) is 36.6 Å². The molecule has 0 bridgehead atoms. The van der Waals surface area contributed by atoms with Crippen LogP contribution in [0.5, 0.6) is 0 Å². The number of nitrogens with zero attached hydrogens (tertiary/aromatic N) is 2. The Morgan fingerprint density at radius 2 is 2.12 bits per heavy atom. The average molecular weight is 240 g/mol. The van der Waals surface area contributed by atoms with Gasteiger partial charge in [0.05, 0.1) is 0 Å². The number of carbonyl (C=O) groups is 1. The van der Waals surface area contributed by atoms with Gasteiger partial charge >= 0.3 is 0 Å². The molecule has 1 aliphatic carbocycles. The Bertz CT molecular complexity index is 371. The standard InChI is InChI=1S/C10H16N4OS/c1-6-12-10(16-14-6)13-8-4-2-7(3-5-8)9(11)15/h7-8H,2-5H2,1H3,(H2,11,15)(H,12,13,14). The minimum Gasteiger partial charge on any atom is -0.369 e. The number of rotatable bonds is 3.